The summed E-state index contributed by atoms with van der Waals surface area (Å²) >= 11 is 0. The summed E-state index contributed by atoms with van der Waals surface area (Å²) in [5.41, 5.74) is 2.37. The van der Waals surface area contributed by atoms with Gasteiger partial charge in [-0.1, -0.05) is 37.3 Å². The molecule has 0 spiro atoms. The molecule has 0 aliphatic carbocycles. The molecule has 0 aliphatic rings. The fraction of sp³-hybridized carbons (Fsp3) is 0.235. The number of amides is 1. The molecule has 0 heterocycles. The zero-order valence-corrected chi connectivity index (χ0v) is 11.7. The Labute approximate surface area is 118 Å². The quantitative estimate of drug-likeness (QED) is 0.884. The molecule has 0 aliphatic heterocycles. The van der Waals surface area contributed by atoms with Crippen molar-refractivity contribution in [1.29, 1.82) is 0 Å². The first-order chi connectivity index (χ1) is 9.61. The molecule has 0 fully saturated rings. The molecule has 2 aromatic rings. The highest BCUT2D eigenvalue weighted by Gasteiger charge is 2.19. The maximum atomic E-state index is 13.1. The largest absolute Gasteiger partial charge is 0.325 e. The lowest BCUT2D eigenvalue weighted by atomic mass is 9.95. The van der Waals surface area contributed by atoms with E-state index >= 15 is 0 Å². The topological polar surface area (TPSA) is 29.1 Å². The zero-order valence-electron chi connectivity index (χ0n) is 11.7. The van der Waals surface area contributed by atoms with Crippen LogP contribution in [-0.4, -0.2) is 5.91 Å². The summed E-state index contributed by atoms with van der Waals surface area (Å²) in [4.78, 5) is 12.4. The number of rotatable bonds is 4. The molecule has 20 heavy (non-hydrogen) atoms. The fourth-order valence-electron chi connectivity index (χ4n) is 2.24. The summed E-state index contributed by atoms with van der Waals surface area (Å²) in [5.74, 6) is -0.551. The maximum Gasteiger partial charge on any atom is 0.231 e. The Morgan fingerprint density at radius 3 is 2.50 bits per heavy atom. The van der Waals surface area contributed by atoms with Crippen LogP contribution < -0.4 is 5.32 Å². The van der Waals surface area contributed by atoms with E-state index in [2.05, 4.69) is 5.32 Å². The van der Waals surface area contributed by atoms with Crippen molar-refractivity contribution in [3.8, 4) is 0 Å². The molecule has 1 atom stereocenters. The van der Waals surface area contributed by atoms with Crippen molar-refractivity contribution in [2.24, 2.45) is 0 Å². The number of anilines is 1. The van der Waals surface area contributed by atoms with Gasteiger partial charge in [-0.3, -0.25) is 4.79 Å². The van der Waals surface area contributed by atoms with Crippen molar-refractivity contribution in [3.05, 3.63) is 65.5 Å². The Bertz CT molecular complexity index is 595. The van der Waals surface area contributed by atoms with Gasteiger partial charge in [0, 0.05) is 5.69 Å². The van der Waals surface area contributed by atoms with Gasteiger partial charge in [-0.15, -0.1) is 0 Å². The van der Waals surface area contributed by atoms with Crippen LogP contribution in [0, 0.1) is 12.7 Å². The van der Waals surface area contributed by atoms with Gasteiger partial charge in [-0.25, -0.2) is 4.39 Å². The predicted molar refractivity (Wildman–Crippen MR) is 79.2 cm³/mol. The number of hydrogen-bond acceptors (Lipinski definition) is 1. The van der Waals surface area contributed by atoms with Crippen molar-refractivity contribution in [2.75, 3.05) is 5.32 Å². The highest BCUT2D eigenvalue weighted by molar-refractivity contribution is 5.96. The molecule has 0 saturated heterocycles. The Hall–Kier alpha value is -2.16. The second-order valence-electron chi connectivity index (χ2n) is 4.82. The molecule has 0 bridgehead atoms. The number of benzene rings is 2. The van der Waals surface area contributed by atoms with Crippen molar-refractivity contribution >= 4 is 11.6 Å². The zero-order chi connectivity index (χ0) is 14.5. The van der Waals surface area contributed by atoms with Gasteiger partial charge in [-0.2, -0.15) is 0 Å². The highest BCUT2D eigenvalue weighted by Crippen LogP contribution is 2.23. The molecular weight excluding hydrogens is 253 g/mol. The Morgan fingerprint density at radius 1 is 1.20 bits per heavy atom. The van der Waals surface area contributed by atoms with Crippen LogP contribution in [0.4, 0.5) is 10.1 Å². The van der Waals surface area contributed by atoms with E-state index in [1.807, 2.05) is 37.3 Å². The molecule has 1 amide bonds. The maximum absolute atomic E-state index is 13.1. The van der Waals surface area contributed by atoms with Gasteiger partial charge >= 0.3 is 0 Å². The molecule has 0 saturated carbocycles. The molecule has 1 N–H and O–H groups in total. The van der Waals surface area contributed by atoms with Gasteiger partial charge in [0.25, 0.3) is 0 Å². The SMILES string of the molecule is CCC(C(=O)Nc1ccc(F)cc1C)c1ccccc1. The highest BCUT2D eigenvalue weighted by atomic mass is 19.1. The normalized spacial score (nSPS) is 11.9. The van der Waals surface area contributed by atoms with E-state index in [9.17, 15) is 9.18 Å². The Morgan fingerprint density at radius 2 is 1.90 bits per heavy atom. The van der Waals surface area contributed by atoms with Crippen molar-refractivity contribution in [1.82, 2.24) is 0 Å². The van der Waals surface area contributed by atoms with Crippen LogP contribution >= 0.6 is 0 Å². The molecule has 2 rings (SSSR count). The van der Waals surface area contributed by atoms with Crippen LogP contribution in [0.25, 0.3) is 0 Å². The summed E-state index contributed by atoms with van der Waals surface area (Å²) in [5, 5.41) is 2.88. The first-order valence-electron chi connectivity index (χ1n) is 6.73. The van der Waals surface area contributed by atoms with Crippen LogP contribution in [0.5, 0.6) is 0 Å². The van der Waals surface area contributed by atoms with Crippen molar-refractivity contribution in [3.63, 3.8) is 0 Å². The number of carbonyl (C=O) groups is 1. The van der Waals surface area contributed by atoms with Gasteiger partial charge in [0.05, 0.1) is 5.92 Å². The molecule has 2 nitrogen and oxygen atoms in total. The van der Waals surface area contributed by atoms with E-state index in [4.69, 9.17) is 0 Å². The minimum absolute atomic E-state index is 0.0617. The van der Waals surface area contributed by atoms with Gasteiger partial charge in [-0.05, 0) is 42.7 Å². The number of carbonyl (C=O) groups excluding carboxylic acids is 1. The van der Waals surface area contributed by atoms with E-state index < -0.39 is 0 Å². The molecule has 0 radical (unpaired) electrons. The first kappa shape index (κ1) is 14.3. The van der Waals surface area contributed by atoms with Crippen LogP contribution in [0.15, 0.2) is 48.5 Å². The van der Waals surface area contributed by atoms with Crippen molar-refractivity contribution in [2.45, 2.75) is 26.2 Å². The van der Waals surface area contributed by atoms with Crippen LogP contribution in [0.2, 0.25) is 0 Å². The summed E-state index contributed by atoms with van der Waals surface area (Å²) in [6.07, 6.45) is 0.718. The second-order valence-corrected chi connectivity index (χ2v) is 4.82. The third kappa shape index (κ3) is 3.23. The van der Waals surface area contributed by atoms with E-state index in [0.29, 0.717) is 5.69 Å². The number of nitrogens with one attached hydrogen (secondary N) is 1. The van der Waals surface area contributed by atoms with E-state index in [-0.39, 0.29) is 17.6 Å². The van der Waals surface area contributed by atoms with Crippen molar-refractivity contribution < 1.29 is 9.18 Å². The van der Waals surface area contributed by atoms with Gasteiger partial charge < -0.3 is 5.32 Å². The van der Waals surface area contributed by atoms with Crippen LogP contribution in [0.3, 0.4) is 0 Å². The summed E-state index contributed by atoms with van der Waals surface area (Å²) in [6, 6.07) is 14.0. The number of hydrogen-bond donors (Lipinski definition) is 1. The lowest BCUT2D eigenvalue weighted by Crippen LogP contribution is -2.21. The summed E-state index contributed by atoms with van der Waals surface area (Å²) in [7, 11) is 0. The first-order valence-corrected chi connectivity index (χ1v) is 6.73. The molecule has 3 heteroatoms. The molecule has 1 unspecified atom stereocenters. The average molecular weight is 271 g/mol. The number of aryl methyl sites for hydroxylation is 1. The van der Waals surface area contributed by atoms with E-state index in [0.717, 1.165) is 17.5 Å². The lowest BCUT2D eigenvalue weighted by molar-refractivity contribution is -0.117. The second kappa shape index (κ2) is 6.33. The van der Waals surface area contributed by atoms with Crippen LogP contribution in [0.1, 0.15) is 30.4 Å². The summed E-state index contributed by atoms with van der Waals surface area (Å²) < 4.78 is 13.1. The summed E-state index contributed by atoms with van der Waals surface area (Å²) in [6.45, 7) is 3.76. The minimum Gasteiger partial charge on any atom is -0.325 e. The molecule has 2 aromatic carbocycles. The molecule has 104 valence electrons. The average Bonchev–Trinajstić information content (AvgIpc) is 2.44. The van der Waals surface area contributed by atoms with Gasteiger partial charge in [0.15, 0.2) is 0 Å². The molecular formula is C17H18FNO. The predicted octanol–water partition coefficient (Wildman–Crippen LogP) is 4.27. The third-order valence-electron chi connectivity index (χ3n) is 3.37. The number of halogens is 1. The van der Waals surface area contributed by atoms with E-state index in [1.165, 1.54) is 12.1 Å². The minimum atomic E-state index is -0.296. The fourth-order valence-corrected chi connectivity index (χ4v) is 2.24. The smallest absolute Gasteiger partial charge is 0.231 e. The monoisotopic (exact) mass is 271 g/mol. The van der Waals surface area contributed by atoms with Crippen LogP contribution in [-0.2, 0) is 4.79 Å². The Balaban J connectivity index is 2.18. The third-order valence-corrected chi connectivity index (χ3v) is 3.37. The van der Waals surface area contributed by atoms with Gasteiger partial charge in [0.1, 0.15) is 5.82 Å². The van der Waals surface area contributed by atoms with Gasteiger partial charge in [0.2, 0.25) is 5.91 Å². The molecule has 0 aromatic heterocycles. The Kier molecular flexibility index (Phi) is 4.51. The van der Waals surface area contributed by atoms with E-state index in [1.54, 1.807) is 13.0 Å². The lowest BCUT2D eigenvalue weighted by Gasteiger charge is -2.16. The standard InChI is InChI=1S/C17H18FNO/c1-3-15(13-7-5-4-6-8-13)17(20)19-16-10-9-14(18)11-12(16)2/h4-11,15H,3H2,1-2H3,(H,19,20).